The van der Waals surface area contributed by atoms with Crippen LogP contribution >= 0.6 is 11.6 Å². The number of nitrogens with zero attached hydrogens (tertiary/aromatic N) is 1. The molecule has 0 aromatic heterocycles. The molecule has 1 saturated heterocycles. The minimum atomic E-state index is -1.02. The van der Waals surface area contributed by atoms with Crippen LogP contribution in [0.3, 0.4) is 0 Å². The summed E-state index contributed by atoms with van der Waals surface area (Å²) >= 11 is 6.09. The van der Waals surface area contributed by atoms with Crippen molar-refractivity contribution in [1.29, 1.82) is 0 Å². The highest BCUT2D eigenvalue weighted by Gasteiger charge is 2.48. The van der Waals surface area contributed by atoms with Crippen LogP contribution in [0.4, 0.5) is 10.1 Å². The van der Waals surface area contributed by atoms with Gasteiger partial charge in [-0.1, -0.05) is 29.8 Å². The van der Waals surface area contributed by atoms with Crippen molar-refractivity contribution in [3.8, 4) is 11.5 Å². The van der Waals surface area contributed by atoms with Crippen molar-refractivity contribution >= 4 is 34.7 Å². The second-order valence-corrected chi connectivity index (χ2v) is 7.64. The third-order valence-electron chi connectivity index (χ3n) is 5.41. The maximum absolute atomic E-state index is 13.6. The summed E-state index contributed by atoms with van der Waals surface area (Å²) in [6, 6.07) is 15.5. The van der Waals surface area contributed by atoms with E-state index in [1.165, 1.54) is 61.6 Å². The van der Waals surface area contributed by atoms with E-state index in [2.05, 4.69) is 0 Å². The zero-order valence-electron chi connectivity index (χ0n) is 17.7. The number of methoxy groups -OCH3 is 2. The SMILES string of the molecule is COc1cc(/C(O)=C2\C(=O)C(=O)N(c3ccc(F)cc3)C2c2ccccc2OC)ccc1Cl. The first kappa shape index (κ1) is 22.4. The highest BCUT2D eigenvalue weighted by Crippen LogP contribution is 2.45. The summed E-state index contributed by atoms with van der Waals surface area (Å²) in [5.41, 5.74) is 0.875. The standard InChI is InChI=1S/C25H19ClFNO5/c1-32-19-6-4-3-5-17(19)22-21(23(29)14-7-12-18(26)20(13-14)33-2)24(30)25(31)28(22)16-10-8-15(27)9-11-16/h3-13,22,29H,1-2H3/b23-21+. The van der Waals surface area contributed by atoms with Gasteiger partial charge in [0.1, 0.15) is 23.1 Å². The molecular weight excluding hydrogens is 449 g/mol. The zero-order chi connectivity index (χ0) is 23.7. The lowest BCUT2D eigenvalue weighted by Crippen LogP contribution is -2.29. The predicted octanol–water partition coefficient (Wildman–Crippen LogP) is 5.12. The molecule has 1 aliphatic heterocycles. The van der Waals surface area contributed by atoms with Crippen LogP contribution in [0.15, 0.2) is 72.3 Å². The molecule has 8 heteroatoms. The smallest absolute Gasteiger partial charge is 0.300 e. The quantitative estimate of drug-likeness (QED) is 0.320. The van der Waals surface area contributed by atoms with Crippen molar-refractivity contribution in [2.24, 2.45) is 0 Å². The summed E-state index contributed by atoms with van der Waals surface area (Å²) in [6.07, 6.45) is 0. The predicted molar refractivity (Wildman–Crippen MR) is 122 cm³/mol. The van der Waals surface area contributed by atoms with Crippen LogP contribution in [0.2, 0.25) is 5.02 Å². The number of aliphatic hydroxyl groups is 1. The van der Waals surface area contributed by atoms with Crippen LogP contribution in [0, 0.1) is 5.82 Å². The van der Waals surface area contributed by atoms with Crippen molar-refractivity contribution in [3.63, 3.8) is 0 Å². The molecule has 1 amide bonds. The minimum Gasteiger partial charge on any atom is -0.507 e. The van der Waals surface area contributed by atoms with Gasteiger partial charge in [0, 0.05) is 16.8 Å². The van der Waals surface area contributed by atoms with Gasteiger partial charge in [0.05, 0.1) is 30.9 Å². The molecule has 3 aromatic carbocycles. The summed E-state index contributed by atoms with van der Waals surface area (Å²) in [5.74, 6) is -1.93. The molecule has 1 N–H and O–H groups in total. The lowest BCUT2D eigenvalue weighted by molar-refractivity contribution is -0.132. The Labute approximate surface area is 194 Å². The number of carbonyl (C=O) groups excluding carboxylic acids is 2. The Morgan fingerprint density at radius 1 is 0.970 bits per heavy atom. The van der Waals surface area contributed by atoms with Crippen molar-refractivity contribution in [2.75, 3.05) is 19.1 Å². The second-order valence-electron chi connectivity index (χ2n) is 7.24. The number of ketones is 1. The first-order valence-corrected chi connectivity index (χ1v) is 10.3. The minimum absolute atomic E-state index is 0.141. The molecule has 1 aliphatic rings. The lowest BCUT2D eigenvalue weighted by atomic mass is 9.94. The molecule has 0 spiro atoms. The number of amides is 1. The summed E-state index contributed by atoms with van der Waals surface area (Å²) in [5, 5.41) is 11.5. The number of benzene rings is 3. The van der Waals surface area contributed by atoms with Gasteiger partial charge in [-0.2, -0.15) is 0 Å². The number of hydrogen-bond acceptors (Lipinski definition) is 5. The van der Waals surface area contributed by atoms with Gasteiger partial charge in [-0.15, -0.1) is 0 Å². The van der Waals surface area contributed by atoms with Gasteiger partial charge in [0.2, 0.25) is 0 Å². The highest BCUT2D eigenvalue weighted by molar-refractivity contribution is 6.51. The molecule has 0 bridgehead atoms. The van der Waals surface area contributed by atoms with E-state index in [1.54, 1.807) is 24.3 Å². The molecule has 1 unspecified atom stereocenters. The molecule has 1 fully saturated rings. The third-order valence-corrected chi connectivity index (χ3v) is 5.72. The summed E-state index contributed by atoms with van der Waals surface area (Å²) in [6.45, 7) is 0. The fourth-order valence-corrected chi connectivity index (χ4v) is 4.04. The van der Waals surface area contributed by atoms with E-state index in [1.807, 2.05) is 0 Å². The van der Waals surface area contributed by atoms with Gasteiger partial charge in [-0.3, -0.25) is 14.5 Å². The molecular formula is C25H19ClFNO5. The maximum Gasteiger partial charge on any atom is 0.300 e. The number of anilines is 1. The Bertz CT molecular complexity index is 1270. The number of ether oxygens (including phenoxy) is 2. The molecule has 1 atom stereocenters. The first-order valence-electron chi connectivity index (χ1n) is 9.90. The molecule has 0 saturated carbocycles. The van der Waals surface area contributed by atoms with Crippen molar-refractivity contribution in [1.82, 2.24) is 0 Å². The van der Waals surface area contributed by atoms with Crippen LogP contribution in [-0.2, 0) is 9.59 Å². The van der Waals surface area contributed by atoms with Crippen molar-refractivity contribution in [2.45, 2.75) is 6.04 Å². The Morgan fingerprint density at radius 3 is 2.30 bits per heavy atom. The molecule has 3 aromatic rings. The average molecular weight is 468 g/mol. The molecule has 4 rings (SSSR count). The van der Waals surface area contributed by atoms with E-state index in [4.69, 9.17) is 21.1 Å². The van der Waals surface area contributed by atoms with Gasteiger partial charge in [-0.05, 0) is 48.5 Å². The Morgan fingerprint density at radius 2 is 1.64 bits per heavy atom. The number of Topliss-reactive ketones (excluding diaryl/α,β-unsaturated/α-hetero) is 1. The zero-order valence-corrected chi connectivity index (χ0v) is 18.5. The van der Waals surface area contributed by atoms with Gasteiger partial charge < -0.3 is 14.6 Å². The van der Waals surface area contributed by atoms with Crippen molar-refractivity contribution in [3.05, 3.63) is 94.3 Å². The second kappa shape index (κ2) is 8.96. The maximum atomic E-state index is 13.6. The Balaban J connectivity index is 1.98. The fraction of sp³-hybridized carbons (Fsp3) is 0.120. The van der Waals surface area contributed by atoms with Gasteiger partial charge in [0.15, 0.2) is 0 Å². The van der Waals surface area contributed by atoms with E-state index in [-0.39, 0.29) is 11.1 Å². The van der Waals surface area contributed by atoms with E-state index < -0.39 is 29.3 Å². The molecule has 0 aliphatic carbocycles. The number of aliphatic hydroxyl groups excluding tert-OH is 1. The normalized spacial score (nSPS) is 17.3. The lowest BCUT2D eigenvalue weighted by Gasteiger charge is -2.26. The molecule has 168 valence electrons. The Hall–Kier alpha value is -3.84. The Kier molecular flexibility index (Phi) is 6.07. The average Bonchev–Trinajstić information content (AvgIpc) is 3.09. The molecule has 33 heavy (non-hydrogen) atoms. The van der Waals surface area contributed by atoms with E-state index in [0.717, 1.165) is 0 Å². The van der Waals surface area contributed by atoms with Crippen LogP contribution in [-0.4, -0.2) is 31.0 Å². The highest BCUT2D eigenvalue weighted by atomic mass is 35.5. The monoisotopic (exact) mass is 467 g/mol. The summed E-state index contributed by atoms with van der Waals surface area (Å²) in [7, 11) is 2.89. The van der Waals surface area contributed by atoms with Gasteiger partial charge in [-0.25, -0.2) is 4.39 Å². The number of rotatable bonds is 5. The number of carbonyl (C=O) groups is 2. The van der Waals surface area contributed by atoms with Gasteiger partial charge in [0.25, 0.3) is 11.7 Å². The summed E-state index contributed by atoms with van der Waals surface area (Å²) < 4.78 is 24.2. The van der Waals surface area contributed by atoms with Crippen LogP contribution < -0.4 is 14.4 Å². The third kappa shape index (κ3) is 3.91. The number of hydrogen-bond donors (Lipinski definition) is 1. The van der Waals surface area contributed by atoms with Crippen LogP contribution in [0.25, 0.3) is 5.76 Å². The first-order chi connectivity index (χ1) is 15.9. The molecule has 1 heterocycles. The number of halogens is 2. The fourth-order valence-electron chi connectivity index (χ4n) is 3.85. The molecule has 6 nitrogen and oxygen atoms in total. The van der Waals surface area contributed by atoms with E-state index in [0.29, 0.717) is 27.8 Å². The van der Waals surface area contributed by atoms with Crippen LogP contribution in [0.1, 0.15) is 17.2 Å². The van der Waals surface area contributed by atoms with E-state index in [9.17, 15) is 19.1 Å². The number of para-hydroxylation sites is 1. The largest absolute Gasteiger partial charge is 0.507 e. The topological polar surface area (TPSA) is 76.1 Å². The van der Waals surface area contributed by atoms with Crippen LogP contribution in [0.5, 0.6) is 11.5 Å². The summed E-state index contributed by atoms with van der Waals surface area (Å²) in [4.78, 5) is 27.6. The van der Waals surface area contributed by atoms with E-state index >= 15 is 0 Å². The van der Waals surface area contributed by atoms with Gasteiger partial charge >= 0.3 is 0 Å². The molecule has 0 radical (unpaired) electrons. The van der Waals surface area contributed by atoms with Crippen molar-refractivity contribution < 1.29 is 28.6 Å².